The van der Waals surface area contributed by atoms with Crippen molar-refractivity contribution in [3.63, 3.8) is 0 Å². The number of carbonyl (C=O) groups is 1. The minimum absolute atomic E-state index is 0.364. The summed E-state index contributed by atoms with van der Waals surface area (Å²) in [6, 6.07) is 0. The molecule has 11 heavy (non-hydrogen) atoms. The number of rotatable bonds is 4. The molecular formula is C8H15NO2. The van der Waals surface area contributed by atoms with Crippen LogP contribution in [0.2, 0.25) is 0 Å². The molecule has 0 bridgehead atoms. The number of hydroxylamine groups is 2. The van der Waals surface area contributed by atoms with E-state index in [1.165, 1.54) is 0 Å². The molecule has 0 aromatic heterocycles. The van der Waals surface area contributed by atoms with Crippen molar-refractivity contribution in [3.8, 4) is 0 Å². The van der Waals surface area contributed by atoms with Crippen molar-refractivity contribution in [1.82, 2.24) is 5.06 Å². The molecule has 0 aromatic carbocycles. The molecule has 3 nitrogen and oxygen atoms in total. The Morgan fingerprint density at radius 3 is 2.55 bits per heavy atom. The molecule has 1 N–H and O–H groups in total. The summed E-state index contributed by atoms with van der Waals surface area (Å²) in [5.74, 6) is -0.390. The fourth-order valence-corrected chi connectivity index (χ4v) is 0.630. The highest BCUT2D eigenvalue weighted by atomic mass is 16.5. The van der Waals surface area contributed by atoms with E-state index >= 15 is 0 Å². The van der Waals surface area contributed by atoms with Crippen molar-refractivity contribution in [2.75, 3.05) is 6.54 Å². The van der Waals surface area contributed by atoms with E-state index in [4.69, 9.17) is 5.21 Å². The van der Waals surface area contributed by atoms with E-state index in [0.29, 0.717) is 17.2 Å². The molecule has 64 valence electrons. The maximum absolute atomic E-state index is 10.9. The first-order chi connectivity index (χ1) is 5.09. The molecule has 0 aliphatic heterocycles. The number of amides is 1. The van der Waals surface area contributed by atoms with Gasteiger partial charge in [-0.1, -0.05) is 19.9 Å². The van der Waals surface area contributed by atoms with Gasteiger partial charge < -0.3 is 0 Å². The second-order valence-electron chi connectivity index (χ2n) is 2.56. The Morgan fingerprint density at radius 1 is 1.64 bits per heavy atom. The van der Waals surface area contributed by atoms with E-state index in [2.05, 4.69) is 6.58 Å². The maximum atomic E-state index is 10.9. The van der Waals surface area contributed by atoms with Gasteiger partial charge in [-0.3, -0.25) is 10.0 Å². The molecule has 0 heterocycles. The highest BCUT2D eigenvalue weighted by Gasteiger charge is 2.09. The Labute approximate surface area is 67.3 Å². The number of hydrogen-bond donors (Lipinski definition) is 1. The van der Waals surface area contributed by atoms with Crippen LogP contribution in [0.4, 0.5) is 0 Å². The second kappa shape index (κ2) is 4.91. The Morgan fingerprint density at radius 2 is 2.18 bits per heavy atom. The zero-order chi connectivity index (χ0) is 8.85. The highest BCUT2D eigenvalue weighted by Crippen LogP contribution is 1.97. The van der Waals surface area contributed by atoms with Gasteiger partial charge in [0.2, 0.25) is 0 Å². The fourth-order valence-electron chi connectivity index (χ4n) is 0.630. The van der Waals surface area contributed by atoms with Gasteiger partial charge in [-0.15, -0.1) is 0 Å². The second-order valence-corrected chi connectivity index (χ2v) is 2.56. The quantitative estimate of drug-likeness (QED) is 0.382. The predicted octanol–water partition coefficient (Wildman–Crippen LogP) is 1.58. The van der Waals surface area contributed by atoms with E-state index in [1.54, 1.807) is 6.92 Å². The molecule has 0 atom stereocenters. The van der Waals surface area contributed by atoms with Crippen molar-refractivity contribution >= 4 is 5.91 Å². The third-order valence-corrected chi connectivity index (χ3v) is 1.32. The van der Waals surface area contributed by atoms with Gasteiger partial charge in [0.15, 0.2) is 0 Å². The summed E-state index contributed by atoms with van der Waals surface area (Å²) < 4.78 is 0. The third kappa shape index (κ3) is 3.78. The van der Waals surface area contributed by atoms with Crippen LogP contribution in [0.25, 0.3) is 0 Å². The molecule has 0 aliphatic carbocycles. The van der Waals surface area contributed by atoms with Crippen LogP contribution < -0.4 is 0 Å². The zero-order valence-corrected chi connectivity index (χ0v) is 7.13. The van der Waals surface area contributed by atoms with Crippen LogP contribution in [0.15, 0.2) is 12.2 Å². The molecule has 0 saturated heterocycles. The molecule has 0 saturated carbocycles. The average molecular weight is 157 g/mol. The van der Waals surface area contributed by atoms with Crippen LogP contribution in [0.1, 0.15) is 26.7 Å². The minimum Gasteiger partial charge on any atom is -0.286 e. The van der Waals surface area contributed by atoms with Gasteiger partial charge in [0, 0.05) is 12.1 Å². The highest BCUT2D eigenvalue weighted by molar-refractivity contribution is 5.91. The van der Waals surface area contributed by atoms with Crippen molar-refractivity contribution in [2.45, 2.75) is 26.7 Å². The summed E-state index contributed by atoms with van der Waals surface area (Å²) in [5.41, 5.74) is 0.364. The lowest BCUT2D eigenvalue weighted by Crippen LogP contribution is -2.28. The third-order valence-electron chi connectivity index (χ3n) is 1.32. The molecule has 0 rings (SSSR count). The number of nitrogens with zero attached hydrogens (tertiary/aromatic N) is 1. The molecule has 3 heteroatoms. The lowest BCUT2D eigenvalue weighted by Gasteiger charge is -2.13. The summed E-state index contributed by atoms with van der Waals surface area (Å²) in [6.45, 7) is 7.40. The molecule has 0 aliphatic rings. The van der Waals surface area contributed by atoms with Crippen LogP contribution in [0.3, 0.4) is 0 Å². The van der Waals surface area contributed by atoms with Crippen molar-refractivity contribution in [1.29, 1.82) is 0 Å². The molecule has 0 spiro atoms. The van der Waals surface area contributed by atoms with Gasteiger partial charge in [-0.2, -0.15) is 0 Å². The van der Waals surface area contributed by atoms with Gasteiger partial charge in [-0.25, -0.2) is 5.06 Å². The summed E-state index contributed by atoms with van der Waals surface area (Å²) in [7, 11) is 0. The van der Waals surface area contributed by atoms with Crippen LogP contribution in [-0.2, 0) is 4.79 Å². The largest absolute Gasteiger partial charge is 0.286 e. The minimum atomic E-state index is -0.390. The summed E-state index contributed by atoms with van der Waals surface area (Å²) in [4.78, 5) is 10.9. The lowest BCUT2D eigenvalue weighted by molar-refractivity contribution is -0.160. The Balaban J connectivity index is 3.73. The van der Waals surface area contributed by atoms with Gasteiger partial charge in [-0.05, 0) is 13.3 Å². The van der Waals surface area contributed by atoms with Crippen LogP contribution >= 0.6 is 0 Å². The first kappa shape index (κ1) is 10.2. The van der Waals surface area contributed by atoms with Gasteiger partial charge in [0.25, 0.3) is 5.91 Å². The molecule has 0 radical (unpaired) electrons. The monoisotopic (exact) mass is 157 g/mol. The summed E-state index contributed by atoms with van der Waals surface area (Å²) in [6.07, 6.45) is 1.77. The SMILES string of the molecule is C=C(C)C(=O)N(O)CCCC. The molecule has 1 amide bonds. The van der Waals surface area contributed by atoms with Crippen LogP contribution in [0, 0.1) is 0 Å². The normalized spacial score (nSPS) is 9.36. The summed E-state index contributed by atoms with van der Waals surface area (Å²) in [5, 5.41) is 9.76. The number of unbranched alkanes of at least 4 members (excludes halogenated alkanes) is 1. The maximum Gasteiger partial charge on any atom is 0.272 e. The Hall–Kier alpha value is -0.830. The van der Waals surface area contributed by atoms with E-state index in [1.807, 2.05) is 6.92 Å². The van der Waals surface area contributed by atoms with E-state index in [0.717, 1.165) is 12.8 Å². The van der Waals surface area contributed by atoms with Crippen LogP contribution in [-0.4, -0.2) is 22.7 Å². The topological polar surface area (TPSA) is 40.5 Å². The smallest absolute Gasteiger partial charge is 0.272 e. The first-order valence-corrected chi connectivity index (χ1v) is 3.75. The van der Waals surface area contributed by atoms with E-state index in [9.17, 15) is 4.79 Å². The number of hydrogen-bond acceptors (Lipinski definition) is 2. The predicted molar refractivity (Wildman–Crippen MR) is 43.2 cm³/mol. The fraction of sp³-hybridized carbons (Fsp3) is 0.625. The lowest BCUT2D eigenvalue weighted by atomic mass is 10.3. The van der Waals surface area contributed by atoms with Gasteiger partial charge >= 0.3 is 0 Å². The van der Waals surface area contributed by atoms with Gasteiger partial charge in [0.1, 0.15) is 0 Å². The average Bonchev–Trinajstić information content (AvgIpc) is 1.98. The molecule has 0 unspecified atom stereocenters. The molecular weight excluding hydrogens is 142 g/mol. The van der Waals surface area contributed by atoms with E-state index < -0.39 is 5.91 Å². The number of carbonyl (C=O) groups excluding carboxylic acids is 1. The standard InChI is InChI=1S/C8H15NO2/c1-4-5-6-9(11)8(10)7(2)3/h11H,2,4-6H2,1,3H3. The van der Waals surface area contributed by atoms with Crippen LogP contribution in [0.5, 0.6) is 0 Å². The van der Waals surface area contributed by atoms with Crippen molar-refractivity contribution in [3.05, 3.63) is 12.2 Å². The Kier molecular flexibility index (Phi) is 4.54. The Bertz CT molecular complexity index is 154. The van der Waals surface area contributed by atoms with E-state index in [-0.39, 0.29) is 0 Å². The summed E-state index contributed by atoms with van der Waals surface area (Å²) >= 11 is 0. The first-order valence-electron chi connectivity index (χ1n) is 3.75. The van der Waals surface area contributed by atoms with Crippen molar-refractivity contribution in [2.24, 2.45) is 0 Å². The zero-order valence-electron chi connectivity index (χ0n) is 7.13. The molecule has 0 aromatic rings. The van der Waals surface area contributed by atoms with Crippen molar-refractivity contribution < 1.29 is 10.0 Å². The van der Waals surface area contributed by atoms with Gasteiger partial charge in [0.05, 0.1) is 0 Å². The molecule has 0 fully saturated rings.